The summed E-state index contributed by atoms with van der Waals surface area (Å²) in [5, 5.41) is 1.18. The van der Waals surface area contributed by atoms with E-state index in [9.17, 15) is 8.42 Å². The molecule has 3 rings (SSSR count). The molecule has 2 aromatic rings. The summed E-state index contributed by atoms with van der Waals surface area (Å²) in [4.78, 5) is 5.47. The third-order valence-corrected chi connectivity index (χ3v) is 5.31. The first-order valence-electron chi connectivity index (χ1n) is 6.61. The van der Waals surface area contributed by atoms with E-state index in [1.807, 2.05) is 24.4 Å². The van der Waals surface area contributed by atoms with Crippen LogP contribution in [0.3, 0.4) is 0 Å². The van der Waals surface area contributed by atoms with Gasteiger partial charge in [-0.15, -0.1) is 0 Å². The summed E-state index contributed by atoms with van der Waals surface area (Å²) in [5.74, 6) is 0. The summed E-state index contributed by atoms with van der Waals surface area (Å²) in [5.41, 5.74) is 2.25. The highest BCUT2D eigenvalue weighted by molar-refractivity contribution is 7.87. The minimum atomic E-state index is -3.31. The molecule has 1 aliphatic rings. The van der Waals surface area contributed by atoms with Crippen molar-refractivity contribution in [2.24, 2.45) is 0 Å². The molecule has 0 spiro atoms. The topological polar surface area (TPSA) is 68.4 Å². The fraction of sp³-hybridized carbons (Fsp3) is 0.385. The van der Waals surface area contributed by atoms with Crippen LogP contribution in [0.25, 0.3) is 10.9 Å². The van der Waals surface area contributed by atoms with E-state index >= 15 is 0 Å². The number of anilines is 1. The zero-order valence-corrected chi connectivity index (χ0v) is 12.2. The molecule has 0 amide bonds. The van der Waals surface area contributed by atoms with Crippen molar-refractivity contribution < 1.29 is 8.42 Å². The van der Waals surface area contributed by atoms with Gasteiger partial charge in [-0.2, -0.15) is 12.7 Å². The number of hydrogen-bond donors (Lipinski definition) is 2. The van der Waals surface area contributed by atoms with Crippen LogP contribution in [0.1, 0.15) is 0 Å². The number of rotatable bonds is 3. The van der Waals surface area contributed by atoms with Gasteiger partial charge in [0.15, 0.2) is 0 Å². The Kier molecular flexibility index (Phi) is 3.41. The maximum atomic E-state index is 11.8. The monoisotopic (exact) mass is 294 g/mol. The minimum Gasteiger partial charge on any atom is -0.367 e. The van der Waals surface area contributed by atoms with Crippen molar-refractivity contribution in [2.45, 2.75) is 0 Å². The quantitative estimate of drug-likeness (QED) is 0.878. The highest BCUT2D eigenvalue weighted by Gasteiger charge is 2.26. The van der Waals surface area contributed by atoms with E-state index in [1.54, 1.807) is 0 Å². The molecule has 20 heavy (non-hydrogen) atoms. The van der Waals surface area contributed by atoms with Crippen molar-refractivity contribution in [1.29, 1.82) is 0 Å². The molecule has 0 saturated carbocycles. The van der Waals surface area contributed by atoms with Crippen molar-refractivity contribution >= 4 is 26.8 Å². The maximum absolute atomic E-state index is 11.8. The summed E-state index contributed by atoms with van der Waals surface area (Å²) in [7, 11) is -1.86. The molecule has 0 unspecified atom stereocenters. The molecule has 0 aliphatic carbocycles. The van der Waals surface area contributed by atoms with Gasteiger partial charge >= 0.3 is 0 Å². The minimum absolute atomic E-state index is 0.503. The summed E-state index contributed by atoms with van der Waals surface area (Å²) in [6.07, 6.45) is 1.99. The molecule has 1 aromatic carbocycles. The first kappa shape index (κ1) is 13.4. The Bertz CT molecular complexity index is 702. The molecule has 1 aliphatic heterocycles. The number of nitrogens with zero attached hydrogens (tertiary/aromatic N) is 2. The smallest absolute Gasteiger partial charge is 0.279 e. The predicted molar refractivity (Wildman–Crippen MR) is 80.1 cm³/mol. The van der Waals surface area contributed by atoms with Gasteiger partial charge in [-0.3, -0.25) is 0 Å². The molecule has 0 atom stereocenters. The fourth-order valence-corrected chi connectivity index (χ4v) is 3.52. The van der Waals surface area contributed by atoms with Gasteiger partial charge in [-0.05, 0) is 6.07 Å². The van der Waals surface area contributed by atoms with Crippen LogP contribution >= 0.6 is 0 Å². The van der Waals surface area contributed by atoms with Crippen molar-refractivity contribution in [1.82, 2.24) is 14.0 Å². The van der Waals surface area contributed by atoms with Gasteiger partial charge < -0.3 is 9.88 Å². The highest BCUT2D eigenvalue weighted by Crippen LogP contribution is 2.27. The average molecular weight is 294 g/mol. The number of hydrogen-bond acceptors (Lipinski definition) is 3. The van der Waals surface area contributed by atoms with Crippen LogP contribution in [0.5, 0.6) is 0 Å². The van der Waals surface area contributed by atoms with E-state index in [0.29, 0.717) is 26.2 Å². The van der Waals surface area contributed by atoms with E-state index in [0.717, 1.165) is 11.2 Å². The summed E-state index contributed by atoms with van der Waals surface area (Å²) >= 11 is 0. The lowest BCUT2D eigenvalue weighted by molar-refractivity contribution is 0.381. The largest absolute Gasteiger partial charge is 0.367 e. The normalized spacial score (nSPS) is 17.8. The SMILES string of the molecule is CNS(=O)(=O)N1CCN(c2c[nH]c3ccccc23)CC1. The molecular formula is C13H18N4O2S. The average Bonchev–Trinajstić information content (AvgIpc) is 2.91. The van der Waals surface area contributed by atoms with E-state index in [-0.39, 0.29) is 0 Å². The number of aromatic nitrogens is 1. The number of nitrogens with one attached hydrogen (secondary N) is 2. The lowest BCUT2D eigenvalue weighted by Crippen LogP contribution is -2.51. The zero-order chi connectivity index (χ0) is 14.2. The Morgan fingerprint density at radius 2 is 1.85 bits per heavy atom. The van der Waals surface area contributed by atoms with Crippen LogP contribution in [0.4, 0.5) is 5.69 Å². The summed E-state index contributed by atoms with van der Waals surface area (Å²) in [6, 6.07) is 8.14. The third-order valence-electron chi connectivity index (χ3n) is 3.74. The summed E-state index contributed by atoms with van der Waals surface area (Å²) < 4.78 is 27.3. The first-order chi connectivity index (χ1) is 9.62. The molecule has 108 valence electrons. The predicted octanol–water partition coefficient (Wildman–Crippen LogP) is 0.754. The lowest BCUT2D eigenvalue weighted by atomic mass is 10.2. The number of piperazine rings is 1. The van der Waals surface area contributed by atoms with Crippen molar-refractivity contribution in [3.05, 3.63) is 30.5 Å². The van der Waals surface area contributed by atoms with Crippen LogP contribution in [0.15, 0.2) is 30.5 Å². The second-order valence-corrected chi connectivity index (χ2v) is 6.69. The van der Waals surface area contributed by atoms with Gasteiger partial charge in [-0.1, -0.05) is 18.2 Å². The number of benzene rings is 1. The molecule has 6 nitrogen and oxygen atoms in total. The van der Waals surface area contributed by atoms with E-state index in [1.165, 1.54) is 16.7 Å². The second-order valence-electron chi connectivity index (χ2n) is 4.81. The first-order valence-corrected chi connectivity index (χ1v) is 8.05. The van der Waals surface area contributed by atoms with Crippen molar-refractivity contribution in [2.75, 3.05) is 38.1 Å². The number of para-hydroxylation sites is 1. The van der Waals surface area contributed by atoms with Gasteiger partial charge in [0.2, 0.25) is 0 Å². The van der Waals surface area contributed by atoms with Crippen molar-refractivity contribution in [3.63, 3.8) is 0 Å². The Morgan fingerprint density at radius 1 is 1.15 bits per heavy atom. The molecule has 7 heteroatoms. The summed E-state index contributed by atoms with van der Waals surface area (Å²) in [6.45, 7) is 2.40. The van der Waals surface area contributed by atoms with E-state index in [2.05, 4.69) is 20.7 Å². The van der Waals surface area contributed by atoms with Crippen LogP contribution in [0.2, 0.25) is 0 Å². The number of fused-ring (bicyclic) bond motifs is 1. The second kappa shape index (κ2) is 5.08. The Hall–Kier alpha value is -1.57. The molecule has 1 fully saturated rings. The van der Waals surface area contributed by atoms with Crippen molar-refractivity contribution in [3.8, 4) is 0 Å². The van der Waals surface area contributed by atoms with Crippen LogP contribution in [0, 0.1) is 0 Å². The molecular weight excluding hydrogens is 276 g/mol. The lowest BCUT2D eigenvalue weighted by Gasteiger charge is -2.34. The Morgan fingerprint density at radius 3 is 2.55 bits per heavy atom. The Balaban J connectivity index is 1.79. The Labute approximate surface area is 118 Å². The standard InChI is InChI=1S/C13H18N4O2S/c1-14-20(18,19)17-8-6-16(7-9-17)13-10-15-12-5-3-2-4-11(12)13/h2-5,10,14-15H,6-9H2,1H3. The zero-order valence-electron chi connectivity index (χ0n) is 11.3. The van der Waals surface area contributed by atoms with Gasteiger partial charge in [-0.25, -0.2) is 4.72 Å². The molecule has 1 saturated heterocycles. The highest BCUT2D eigenvalue weighted by atomic mass is 32.2. The number of aromatic amines is 1. The van der Waals surface area contributed by atoms with Gasteiger partial charge in [0.1, 0.15) is 0 Å². The van der Waals surface area contributed by atoms with Crippen LogP contribution in [-0.2, 0) is 10.2 Å². The number of H-pyrrole nitrogens is 1. The van der Waals surface area contributed by atoms with Gasteiger partial charge in [0, 0.05) is 50.3 Å². The molecule has 2 N–H and O–H groups in total. The molecule has 1 aromatic heterocycles. The van der Waals surface area contributed by atoms with Crippen LogP contribution in [-0.4, -0.2) is 50.9 Å². The van der Waals surface area contributed by atoms with Gasteiger partial charge in [0.05, 0.1) is 5.69 Å². The maximum Gasteiger partial charge on any atom is 0.279 e. The van der Waals surface area contributed by atoms with Gasteiger partial charge in [0.25, 0.3) is 10.2 Å². The van der Waals surface area contributed by atoms with Crippen LogP contribution < -0.4 is 9.62 Å². The fourth-order valence-electron chi connectivity index (χ4n) is 2.62. The van der Waals surface area contributed by atoms with E-state index in [4.69, 9.17) is 0 Å². The molecule has 0 bridgehead atoms. The molecule has 2 heterocycles. The van der Waals surface area contributed by atoms with E-state index < -0.39 is 10.2 Å². The molecule has 0 radical (unpaired) electrons. The third kappa shape index (κ3) is 2.28.